The van der Waals surface area contributed by atoms with Crippen LogP contribution < -0.4 is 9.62 Å². The number of para-hydroxylation sites is 1. The highest BCUT2D eigenvalue weighted by molar-refractivity contribution is 7.93. The Morgan fingerprint density at radius 2 is 1.90 bits per heavy atom. The third-order valence-corrected chi connectivity index (χ3v) is 4.72. The number of anilines is 2. The van der Waals surface area contributed by atoms with Crippen LogP contribution in [0.3, 0.4) is 0 Å². The zero-order valence-electron chi connectivity index (χ0n) is 11.4. The summed E-state index contributed by atoms with van der Waals surface area (Å²) >= 11 is 0. The zero-order valence-corrected chi connectivity index (χ0v) is 12.3. The van der Waals surface area contributed by atoms with E-state index in [9.17, 15) is 8.42 Å². The summed E-state index contributed by atoms with van der Waals surface area (Å²) in [6.07, 6.45) is 2.94. The summed E-state index contributed by atoms with van der Waals surface area (Å²) in [5.74, 6) is 0. The molecule has 20 heavy (non-hydrogen) atoms. The number of rotatable bonds is 5. The molecule has 2 aromatic rings. The highest BCUT2D eigenvalue weighted by atomic mass is 32.2. The maximum atomic E-state index is 12.7. The second kappa shape index (κ2) is 5.92. The summed E-state index contributed by atoms with van der Waals surface area (Å²) < 4.78 is 26.6. The van der Waals surface area contributed by atoms with Crippen molar-refractivity contribution < 1.29 is 8.42 Å². The summed E-state index contributed by atoms with van der Waals surface area (Å²) in [4.78, 5) is 4.10. The van der Waals surface area contributed by atoms with Crippen LogP contribution in [-0.4, -0.2) is 27.0 Å². The Morgan fingerprint density at radius 1 is 1.20 bits per heavy atom. The molecule has 1 N–H and O–H groups in total. The lowest BCUT2D eigenvalue weighted by Gasteiger charge is -2.21. The van der Waals surface area contributed by atoms with Gasteiger partial charge in [0.05, 0.1) is 11.4 Å². The molecule has 5 nitrogen and oxygen atoms in total. The van der Waals surface area contributed by atoms with Crippen molar-refractivity contribution in [3.8, 4) is 0 Å². The third kappa shape index (κ3) is 2.75. The highest BCUT2D eigenvalue weighted by Crippen LogP contribution is 2.26. The Labute approximate surface area is 119 Å². The van der Waals surface area contributed by atoms with Crippen LogP contribution in [0.25, 0.3) is 0 Å². The lowest BCUT2D eigenvalue weighted by molar-refractivity contribution is 0.594. The first-order chi connectivity index (χ1) is 9.57. The quantitative estimate of drug-likeness (QED) is 0.918. The van der Waals surface area contributed by atoms with E-state index >= 15 is 0 Å². The van der Waals surface area contributed by atoms with Crippen molar-refractivity contribution in [1.82, 2.24) is 4.98 Å². The molecule has 0 bridgehead atoms. The van der Waals surface area contributed by atoms with Crippen molar-refractivity contribution in [2.24, 2.45) is 0 Å². The molecule has 2 rings (SSSR count). The van der Waals surface area contributed by atoms with Crippen LogP contribution in [0, 0.1) is 0 Å². The molecule has 0 saturated carbocycles. The smallest absolute Gasteiger partial charge is 0.267 e. The van der Waals surface area contributed by atoms with E-state index < -0.39 is 10.0 Å². The molecule has 0 aliphatic heterocycles. The van der Waals surface area contributed by atoms with Crippen molar-refractivity contribution in [2.45, 2.75) is 11.8 Å². The van der Waals surface area contributed by atoms with Crippen LogP contribution >= 0.6 is 0 Å². The number of benzene rings is 1. The summed E-state index contributed by atoms with van der Waals surface area (Å²) in [6.45, 7) is 2.55. The fraction of sp³-hybridized carbons (Fsp3) is 0.214. The Morgan fingerprint density at radius 3 is 2.55 bits per heavy atom. The van der Waals surface area contributed by atoms with Gasteiger partial charge in [0.25, 0.3) is 10.0 Å². The largest absolute Gasteiger partial charge is 0.384 e. The monoisotopic (exact) mass is 291 g/mol. The number of pyridine rings is 1. The fourth-order valence-corrected chi connectivity index (χ4v) is 3.15. The fourth-order valence-electron chi connectivity index (χ4n) is 1.85. The minimum atomic E-state index is -3.64. The van der Waals surface area contributed by atoms with Crippen molar-refractivity contribution in [3.63, 3.8) is 0 Å². The van der Waals surface area contributed by atoms with E-state index in [0.717, 1.165) is 0 Å². The van der Waals surface area contributed by atoms with Crippen LogP contribution in [0.15, 0.2) is 53.7 Å². The Hall–Kier alpha value is -2.08. The molecule has 1 aromatic carbocycles. The Balaban J connectivity index is 2.45. The summed E-state index contributed by atoms with van der Waals surface area (Å²) in [7, 11) is -2.10. The van der Waals surface area contributed by atoms with Crippen LogP contribution in [0.2, 0.25) is 0 Å². The molecule has 6 heteroatoms. The van der Waals surface area contributed by atoms with Gasteiger partial charge in [-0.15, -0.1) is 0 Å². The number of hydrogen-bond donors (Lipinski definition) is 1. The van der Waals surface area contributed by atoms with E-state index in [-0.39, 0.29) is 4.90 Å². The molecule has 0 unspecified atom stereocenters. The predicted molar refractivity (Wildman–Crippen MR) is 80.4 cm³/mol. The lowest BCUT2D eigenvalue weighted by atomic mass is 10.3. The van der Waals surface area contributed by atoms with Crippen LogP contribution in [0.1, 0.15) is 6.92 Å². The van der Waals surface area contributed by atoms with E-state index in [0.29, 0.717) is 17.9 Å². The molecule has 0 fully saturated rings. The molecule has 0 atom stereocenters. The maximum Gasteiger partial charge on any atom is 0.267 e. The number of sulfonamides is 1. The van der Waals surface area contributed by atoms with Crippen molar-refractivity contribution in [1.29, 1.82) is 0 Å². The standard InChI is InChI=1S/C14H17N3O2S/c1-3-16-13-9-10-15-11-14(13)20(18,19)17(2)12-7-5-4-6-8-12/h4-11H,3H2,1-2H3,(H,15,16). The second-order valence-corrected chi connectivity index (χ2v) is 6.15. The topological polar surface area (TPSA) is 62.3 Å². The van der Waals surface area contributed by atoms with Gasteiger partial charge in [-0.2, -0.15) is 0 Å². The molecule has 0 aliphatic rings. The Bertz CT molecular complexity index is 672. The first kappa shape index (κ1) is 14.3. The first-order valence-corrected chi connectivity index (χ1v) is 7.73. The van der Waals surface area contributed by atoms with Gasteiger partial charge < -0.3 is 5.32 Å². The average molecular weight is 291 g/mol. The third-order valence-electron chi connectivity index (χ3n) is 2.91. The van der Waals surface area contributed by atoms with Crippen molar-refractivity contribution in [2.75, 3.05) is 23.2 Å². The average Bonchev–Trinajstić information content (AvgIpc) is 2.48. The second-order valence-electron chi connectivity index (χ2n) is 4.21. The predicted octanol–water partition coefficient (Wildman–Crippen LogP) is 2.34. The van der Waals surface area contributed by atoms with Crippen LogP contribution in [0.5, 0.6) is 0 Å². The molecule has 1 aromatic heterocycles. The maximum absolute atomic E-state index is 12.7. The molecule has 1 heterocycles. The van der Waals surface area contributed by atoms with Gasteiger partial charge >= 0.3 is 0 Å². The summed E-state index contributed by atoms with van der Waals surface area (Å²) in [5.41, 5.74) is 1.17. The molecular weight excluding hydrogens is 274 g/mol. The molecule has 0 saturated heterocycles. The minimum absolute atomic E-state index is 0.174. The van der Waals surface area contributed by atoms with E-state index in [1.165, 1.54) is 17.5 Å². The van der Waals surface area contributed by atoms with Gasteiger partial charge in [0.1, 0.15) is 4.90 Å². The van der Waals surface area contributed by atoms with Crippen LogP contribution in [0.4, 0.5) is 11.4 Å². The molecule has 106 valence electrons. The summed E-state index contributed by atoms with van der Waals surface area (Å²) in [6, 6.07) is 10.6. The van der Waals surface area contributed by atoms with Gasteiger partial charge in [-0.3, -0.25) is 9.29 Å². The molecule has 0 spiro atoms. The van der Waals surface area contributed by atoms with Gasteiger partial charge in [-0.1, -0.05) is 18.2 Å². The lowest BCUT2D eigenvalue weighted by Crippen LogP contribution is -2.27. The highest BCUT2D eigenvalue weighted by Gasteiger charge is 2.24. The van der Waals surface area contributed by atoms with Gasteiger partial charge in [-0.05, 0) is 25.1 Å². The van der Waals surface area contributed by atoms with Gasteiger partial charge in [0.2, 0.25) is 0 Å². The zero-order chi connectivity index (χ0) is 14.6. The normalized spacial score (nSPS) is 11.1. The SMILES string of the molecule is CCNc1ccncc1S(=O)(=O)N(C)c1ccccc1. The number of aromatic nitrogens is 1. The first-order valence-electron chi connectivity index (χ1n) is 6.29. The number of hydrogen-bond acceptors (Lipinski definition) is 4. The van der Waals surface area contributed by atoms with Crippen molar-refractivity contribution in [3.05, 3.63) is 48.8 Å². The molecule has 0 amide bonds. The number of nitrogens with zero attached hydrogens (tertiary/aromatic N) is 2. The molecule has 0 aliphatic carbocycles. The van der Waals surface area contributed by atoms with E-state index in [2.05, 4.69) is 10.3 Å². The summed E-state index contributed by atoms with van der Waals surface area (Å²) in [5, 5.41) is 3.04. The number of nitrogens with one attached hydrogen (secondary N) is 1. The van der Waals surface area contributed by atoms with Gasteiger partial charge in [0.15, 0.2) is 0 Å². The van der Waals surface area contributed by atoms with E-state index in [4.69, 9.17) is 0 Å². The van der Waals surface area contributed by atoms with E-state index in [1.807, 2.05) is 13.0 Å². The van der Waals surface area contributed by atoms with E-state index in [1.54, 1.807) is 36.5 Å². The Kier molecular flexibility index (Phi) is 4.24. The van der Waals surface area contributed by atoms with Gasteiger partial charge in [0, 0.05) is 26.0 Å². The molecule has 0 radical (unpaired) electrons. The van der Waals surface area contributed by atoms with Crippen LogP contribution in [-0.2, 0) is 10.0 Å². The van der Waals surface area contributed by atoms with Gasteiger partial charge in [-0.25, -0.2) is 8.42 Å². The minimum Gasteiger partial charge on any atom is -0.384 e. The van der Waals surface area contributed by atoms with Crippen molar-refractivity contribution >= 4 is 21.4 Å². The molecular formula is C14H17N3O2S.